The number of hydrogen-bond acceptors (Lipinski definition) is 2. The third kappa shape index (κ3) is 4.24. The summed E-state index contributed by atoms with van der Waals surface area (Å²) in [5, 5.41) is 1.09. The largest absolute Gasteiger partial charge is 0.485 e. The molecule has 0 saturated carbocycles. The molecule has 24 heavy (non-hydrogen) atoms. The Balaban J connectivity index is 1.73. The van der Waals surface area contributed by atoms with Crippen LogP contribution in [0.2, 0.25) is 10.0 Å². The predicted octanol–water partition coefficient (Wildman–Crippen LogP) is 5.10. The van der Waals surface area contributed by atoms with E-state index in [-0.39, 0.29) is 12.4 Å². The van der Waals surface area contributed by atoms with E-state index >= 15 is 0 Å². The Kier molecular flexibility index (Phi) is 5.02. The van der Waals surface area contributed by atoms with Crippen molar-refractivity contribution in [3.05, 3.63) is 81.9 Å². The van der Waals surface area contributed by atoms with Gasteiger partial charge in [-0.1, -0.05) is 23.2 Å². The van der Waals surface area contributed by atoms with Gasteiger partial charge in [0.2, 0.25) is 0 Å². The zero-order valence-electron chi connectivity index (χ0n) is 12.3. The van der Waals surface area contributed by atoms with E-state index in [0.717, 1.165) is 23.8 Å². The Morgan fingerprint density at radius 1 is 0.958 bits per heavy atom. The molecule has 3 rings (SSSR count). The second-order valence-corrected chi connectivity index (χ2v) is 6.02. The minimum Gasteiger partial charge on any atom is -0.485 e. The van der Waals surface area contributed by atoms with Gasteiger partial charge in [0, 0.05) is 47.2 Å². The Bertz CT molecular complexity index is 827. The lowest BCUT2D eigenvalue weighted by Gasteiger charge is -2.10. The predicted molar refractivity (Wildman–Crippen MR) is 88.5 cm³/mol. The summed E-state index contributed by atoms with van der Waals surface area (Å²) in [7, 11) is 0. The fraction of sp³-hybridized carbons (Fsp3) is 0.118. The van der Waals surface area contributed by atoms with Gasteiger partial charge in [-0.05, 0) is 23.8 Å². The molecule has 0 aliphatic heterocycles. The summed E-state index contributed by atoms with van der Waals surface area (Å²) in [6.45, 7) is 0.570. The topological polar surface area (TPSA) is 27.1 Å². The summed E-state index contributed by atoms with van der Waals surface area (Å²) in [5.41, 5.74) is 0.906. The molecule has 0 amide bonds. The monoisotopic (exact) mass is 368 g/mol. The molecule has 0 atom stereocenters. The lowest BCUT2D eigenvalue weighted by atomic mass is 10.2. The summed E-state index contributed by atoms with van der Waals surface area (Å²) < 4.78 is 33.6. The highest BCUT2D eigenvalue weighted by Crippen LogP contribution is 2.21. The number of halogens is 4. The van der Waals surface area contributed by atoms with Crippen LogP contribution < -0.4 is 4.74 Å². The van der Waals surface area contributed by atoms with Gasteiger partial charge in [0.1, 0.15) is 29.8 Å². The third-order valence-corrected chi connectivity index (χ3v) is 3.72. The Labute approximate surface area is 147 Å². The normalized spacial score (nSPS) is 10.8. The summed E-state index contributed by atoms with van der Waals surface area (Å²) in [6.07, 6.45) is 3.40. The van der Waals surface area contributed by atoms with Crippen LogP contribution in [0.1, 0.15) is 11.4 Å². The zero-order chi connectivity index (χ0) is 17.1. The summed E-state index contributed by atoms with van der Waals surface area (Å²) in [5.74, 6) is -0.674. The highest BCUT2D eigenvalue weighted by molar-refractivity contribution is 6.34. The molecule has 0 aliphatic rings. The number of hydrogen-bond donors (Lipinski definition) is 0. The molecule has 7 heteroatoms. The Hall–Kier alpha value is -2.11. The first-order chi connectivity index (χ1) is 11.5. The van der Waals surface area contributed by atoms with E-state index in [4.69, 9.17) is 27.9 Å². The van der Waals surface area contributed by atoms with E-state index in [1.165, 1.54) is 0 Å². The molecule has 0 saturated heterocycles. The average Bonchev–Trinajstić information content (AvgIpc) is 2.90. The SMILES string of the molecule is Fc1cc(F)cc(OCc2nccn2Cc2cc(Cl)cc(Cl)c2)c1. The van der Waals surface area contributed by atoms with Crippen molar-refractivity contribution in [3.8, 4) is 5.75 Å². The van der Waals surface area contributed by atoms with Crippen molar-refractivity contribution < 1.29 is 13.5 Å². The van der Waals surface area contributed by atoms with Gasteiger partial charge in [0.05, 0.1) is 0 Å². The van der Waals surface area contributed by atoms with Gasteiger partial charge >= 0.3 is 0 Å². The van der Waals surface area contributed by atoms with Crippen LogP contribution in [-0.2, 0) is 13.2 Å². The number of rotatable bonds is 5. The van der Waals surface area contributed by atoms with Crippen LogP contribution in [0.4, 0.5) is 8.78 Å². The lowest BCUT2D eigenvalue weighted by Crippen LogP contribution is -2.08. The Morgan fingerprint density at radius 2 is 1.62 bits per heavy atom. The van der Waals surface area contributed by atoms with E-state index < -0.39 is 11.6 Å². The van der Waals surface area contributed by atoms with Crippen molar-refractivity contribution in [1.82, 2.24) is 9.55 Å². The van der Waals surface area contributed by atoms with Gasteiger partial charge in [-0.2, -0.15) is 0 Å². The molecule has 0 unspecified atom stereocenters. The molecule has 2 aromatic carbocycles. The molecular formula is C17H12Cl2F2N2O. The Morgan fingerprint density at radius 3 is 2.29 bits per heavy atom. The molecule has 0 spiro atoms. The number of nitrogens with zero attached hydrogens (tertiary/aromatic N) is 2. The van der Waals surface area contributed by atoms with Crippen molar-refractivity contribution in [2.45, 2.75) is 13.2 Å². The van der Waals surface area contributed by atoms with Gasteiger partial charge in [-0.25, -0.2) is 13.8 Å². The highest BCUT2D eigenvalue weighted by Gasteiger charge is 2.08. The van der Waals surface area contributed by atoms with Gasteiger partial charge in [0.15, 0.2) is 0 Å². The molecule has 0 N–H and O–H groups in total. The molecule has 1 aromatic heterocycles. The zero-order valence-corrected chi connectivity index (χ0v) is 13.9. The van der Waals surface area contributed by atoms with Crippen LogP contribution >= 0.6 is 23.2 Å². The number of benzene rings is 2. The van der Waals surface area contributed by atoms with Crippen LogP contribution in [0.5, 0.6) is 5.75 Å². The average molecular weight is 369 g/mol. The molecule has 1 heterocycles. The standard InChI is InChI=1S/C17H12Cl2F2N2O/c18-12-3-11(4-13(19)5-12)9-23-2-1-22-17(23)10-24-16-7-14(20)6-15(21)8-16/h1-8H,9-10H2. The first-order valence-corrected chi connectivity index (χ1v) is 7.79. The van der Waals surface area contributed by atoms with Crippen LogP contribution in [0.15, 0.2) is 48.8 Å². The van der Waals surface area contributed by atoms with Crippen molar-refractivity contribution in [1.29, 1.82) is 0 Å². The quantitative estimate of drug-likeness (QED) is 0.626. The third-order valence-electron chi connectivity index (χ3n) is 3.28. The number of imidazole rings is 1. The fourth-order valence-corrected chi connectivity index (χ4v) is 2.85. The van der Waals surface area contributed by atoms with E-state index in [1.807, 2.05) is 4.57 Å². The smallest absolute Gasteiger partial charge is 0.147 e. The van der Waals surface area contributed by atoms with E-state index in [9.17, 15) is 8.78 Å². The fourth-order valence-electron chi connectivity index (χ4n) is 2.28. The number of ether oxygens (including phenoxy) is 1. The molecule has 3 aromatic rings. The van der Waals surface area contributed by atoms with Gasteiger partial charge in [0.25, 0.3) is 0 Å². The van der Waals surface area contributed by atoms with Crippen molar-refractivity contribution >= 4 is 23.2 Å². The second kappa shape index (κ2) is 7.20. The van der Waals surface area contributed by atoms with Crippen molar-refractivity contribution in [2.24, 2.45) is 0 Å². The van der Waals surface area contributed by atoms with Crippen LogP contribution in [0, 0.1) is 11.6 Å². The van der Waals surface area contributed by atoms with Crippen LogP contribution in [-0.4, -0.2) is 9.55 Å². The molecule has 0 aliphatic carbocycles. The van der Waals surface area contributed by atoms with Gasteiger partial charge < -0.3 is 9.30 Å². The maximum Gasteiger partial charge on any atom is 0.147 e. The molecule has 3 nitrogen and oxygen atoms in total. The van der Waals surface area contributed by atoms with Crippen molar-refractivity contribution in [3.63, 3.8) is 0 Å². The first-order valence-electron chi connectivity index (χ1n) is 7.03. The maximum atomic E-state index is 13.2. The number of aromatic nitrogens is 2. The van der Waals surface area contributed by atoms with E-state index in [1.54, 1.807) is 30.6 Å². The highest BCUT2D eigenvalue weighted by atomic mass is 35.5. The summed E-state index contributed by atoms with van der Waals surface area (Å²) in [6, 6.07) is 8.29. The first kappa shape index (κ1) is 16.7. The summed E-state index contributed by atoms with van der Waals surface area (Å²) in [4.78, 5) is 4.20. The minimum absolute atomic E-state index is 0.0736. The van der Waals surface area contributed by atoms with Crippen LogP contribution in [0.3, 0.4) is 0 Å². The van der Waals surface area contributed by atoms with Gasteiger partial charge in [-0.15, -0.1) is 0 Å². The molecule has 0 fully saturated rings. The second-order valence-electron chi connectivity index (χ2n) is 5.14. The minimum atomic E-state index is -0.693. The maximum absolute atomic E-state index is 13.2. The van der Waals surface area contributed by atoms with E-state index in [2.05, 4.69) is 4.98 Å². The van der Waals surface area contributed by atoms with Gasteiger partial charge in [-0.3, -0.25) is 0 Å². The van der Waals surface area contributed by atoms with Crippen molar-refractivity contribution in [2.75, 3.05) is 0 Å². The molecule has 124 valence electrons. The molecule has 0 radical (unpaired) electrons. The molecular weight excluding hydrogens is 357 g/mol. The van der Waals surface area contributed by atoms with E-state index in [0.29, 0.717) is 22.4 Å². The summed E-state index contributed by atoms with van der Waals surface area (Å²) >= 11 is 12.0. The lowest BCUT2D eigenvalue weighted by molar-refractivity contribution is 0.287. The van der Waals surface area contributed by atoms with Crippen LogP contribution in [0.25, 0.3) is 0 Å². The molecule has 0 bridgehead atoms.